The summed E-state index contributed by atoms with van der Waals surface area (Å²) in [6.07, 6.45) is 10.5. The molecule has 0 saturated heterocycles. The van der Waals surface area contributed by atoms with Gasteiger partial charge in [-0.1, -0.05) is 51.9 Å². The van der Waals surface area contributed by atoms with Crippen molar-refractivity contribution in [2.45, 2.75) is 64.7 Å². The zero-order chi connectivity index (χ0) is 16.0. The lowest BCUT2D eigenvalue weighted by Gasteiger charge is -2.07. The summed E-state index contributed by atoms with van der Waals surface area (Å²) >= 11 is 0. The molecule has 0 atom stereocenters. The van der Waals surface area contributed by atoms with Gasteiger partial charge in [0.1, 0.15) is 0 Å². The van der Waals surface area contributed by atoms with Crippen molar-refractivity contribution >= 4 is 11.5 Å². The number of Topliss-reactive ketones (excluding diaryl/α,β-unsaturated/α-hetero) is 1. The van der Waals surface area contributed by atoms with Gasteiger partial charge in [0.05, 0.1) is 12.5 Å². The zero-order valence-corrected chi connectivity index (χ0v) is 13.7. The van der Waals surface area contributed by atoms with E-state index in [4.69, 9.17) is 5.26 Å². The molecule has 1 N–H and O–H groups in total. The Kier molecular flexibility index (Phi) is 9.78. The van der Waals surface area contributed by atoms with Gasteiger partial charge in [0, 0.05) is 17.8 Å². The number of ketones is 1. The van der Waals surface area contributed by atoms with Crippen LogP contribution in [0, 0.1) is 11.3 Å². The average molecular weight is 300 g/mol. The Morgan fingerprint density at radius 1 is 1.00 bits per heavy atom. The van der Waals surface area contributed by atoms with Gasteiger partial charge in [-0.15, -0.1) is 0 Å². The standard InChI is InChI=1S/C19H28N2O/c1-2-3-4-5-6-7-8-9-16-21-18-12-10-17(11-13-18)19(22)14-15-20/h10-13,21H,2-9,14,16H2,1H3. The van der Waals surface area contributed by atoms with Gasteiger partial charge in [-0.3, -0.25) is 4.79 Å². The van der Waals surface area contributed by atoms with Gasteiger partial charge in [0.2, 0.25) is 0 Å². The fourth-order valence-electron chi connectivity index (χ4n) is 2.44. The number of benzene rings is 1. The molecule has 0 saturated carbocycles. The average Bonchev–Trinajstić information content (AvgIpc) is 2.54. The van der Waals surface area contributed by atoms with Crippen LogP contribution >= 0.6 is 0 Å². The highest BCUT2D eigenvalue weighted by Crippen LogP contribution is 2.12. The van der Waals surface area contributed by atoms with Crippen LogP contribution in [0.5, 0.6) is 0 Å². The Morgan fingerprint density at radius 3 is 2.18 bits per heavy atom. The van der Waals surface area contributed by atoms with Crippen molar-refractivity contribution in [3.05, 3.63) is 29.8 Å². The molecule has 0 radical (unpaired) electrons. The molecule has 3 nitrogen and oxygen atoms in total. The Balaban J connectivity index is 2.10. The van der Waals surface area contributed by atoms with Gasteiger partial charge < -0.3 is 5.32 Å². The van der Waals surface area contributed by atoms with Crippen LogP contribution in [0.2, 0.25) is 0 Å². The van der Waals surface area contributed by atoms with E-state index in [1.165, 1.54) is 51.4 Å². The lowest BCUT2D eigenvalue weighted by atomic mass is 10.1. The largest absolute Gasteiger partial charge is 0.385 e. The van der Waals surface area contributed by atoms with Gasteiger partial charge in [-0.25, -0.2) is 0 Å². The van der Waals surface area contributed by atoms with E-state index in [0.717, 1.165) is 12.2 Å². The minimum Gasteiger partial charge on any atom is -0.385 e. The first-order valence-corrected chi connectivity index (χ1v) is 8.52. The van der Waals surface area contributed by atoms with Crippen LogP contribution in [0.15, 0.2) is 24.3 Å². The van der Waals surface area contributed by atoms with E-state index in [0.29, 0.717) is 5.56 Å². The van der Waals surface area contributed by atoms with Crippen LogP contribution in [0.4, 0.5) is 5.69 Å². The Hall–Kier alpha value is -1.82. The summed E-state index contributed by atoms with van der Waals surface area (Å²) < 4.78 is 0. The third-order valence-electron chi connectivity index (χ3n) is 3.81. The zero-order valence-electron chi connectivity index (χ0n) is 13.7. The Morgan fingerprint density at radius 2 is 1.59 bits per heavy atom. The number of carbonyl (C=O) groups is 1. The lowest BCUT2D eigenvalue weighted by molar-refractivity contribution is 0.0998. The van der Waals surface area contributed by atoms with E-state index in [1.54, 1.807) is 12.1 Å². The minimum absolute atomic E-state index is 0.0506. The third-order valence-corrected chi connectivity index (χ3v) is 3.81. The molecule has 1 rings (SSSR count). The molecule has 0 fully saturated rings. The minimum atomic E-state index is -0.114. The van der Waals surface area contributed by atoms with Crippen LogP contribution in [0.25, 0.3) is 0 Å². The van der Waals surface area contributed by atoms with Crippen LogP contribution in [-0.4, -0.2) is 12.3 Å². The molecule has 0 heterocycles. The van der Waals surface area contributed by atoms with Crippen molar-refractivity contribution in [3.8, 4) is 6.07 Å². The maximum absolute atomic E-state index is 11.5. The van der Waals surface area contributed by atoms with Crippen LogP contribution in [-0.2, 0) is 0 Å². The van der Waals surface area contributed by atoms with Gasteiger partial charge in [0.25, 0.3) is 0 Å². The quantitative estimate of drug-likeness (QED) is 0.419. The number of anilines is 1. The molecule has 120 valence electrons. The molecule has 1 aromatic rings. The number of rotatable bonds is 12. The van der Waals surface area contributed by atoms with Crippen molar-refractivity contribution in [1.82, 2.24) is 0 Å². The number of hydrogen-bond acceptors (Lipinski definition) is 3. The molecule has 22 heavy (non-hydrogen) atoms. The summed E-state index contributed by atoms with van der Waals surface area (Å²) in [6.45, 7) is 3.22. The van der Waals surface area contributed by atoms with E-state index in [-0.39, 0.29) is 12.2 Å². The van der Waals surface area contributed by atoms with Crippen molar-refractivity contribution < 1.29 is 4.79 Å². The second kappa shape index (κ2) is 11.8. The first-order chi connectivity index (χ1) is 10.8. The highest BCUT2D eigenvalue weighted by molar-refractivity contribution is 5.97. The smallest absolute Gasteiger partial charge is 0.176 e. The molecule has 0 aliphatic carbocycles. The Labute approximate surface area is 134 Å². The summed E-state index contributed by atoms with van der Waals surface area (Å²) in [5.41, 5.74) is 1.65. The number of nitrogens with one attached hydrogen (secondary N) is 1. The number of hydrogen-bond donors (Lipinski definition) is 1. The first-order valence-electron chi connectivity index (χ1n) is 8.52. The number of nitrogens with zero attached hydrogens (tertiary/aromatic N) is 1. The molecule has 0 amide bonds. The van der Waals surface area contributed by atoms with Gasteiger partial charge in [-0.05, 0) is 30.7 Å². The van der Waals surface area contributed by atoms with Crippen molar-refractivity contribution in [1.29, 1.82) is 5.26 Å². The SMILES string of the molecule is CCCCCCCCCCNc1ccc(C(=O)CC#N)cc1. The molecule has 0 aliphatic heterocycles. The summed E-state index contributed by atoms with van der Waals surface area (Å²) in [5.74, 6) is -0.114. The number of nitriles is 1. The predicted molar refractivity (Wildman–Crippen MR) is 92.1 cm³/mol. The normalized spacial score (nSPS) is 10.2. The first kappa shape index (κ1) is 18.2. The molecule has 0 spiro atoms. The van der Waals surface area contributed by atoms with E-state index in [2.05, 4.69) is 12.2 Å². The molecule has 0 unspecified atom stereocenters. The second-order valence-corrected chi connectivity index (χ2v) is 5.74. The molecule has 0 aliphatic rings. The monoisotopic (exact) mass is 300 g/mol. The number of carbonyl (C=O) groups excluding carboxylic acids is 1. The van der Waals surface area contributed by atoms with Crippen molar-refractivity contribution in [2.75, 3.05) is 11.9 Å². The summed E-state index contributed by atoms with van der Waals surface area (Å²) in [6, 6.07) is 9.28. The molecule has 3 heteroatoms. The lowest BCUT2D eigenvalue weighted by Crippen LogP contribution is -2.02. The fourth-order valence-corrected chi connectivity index (χ4v) is 2.44. The van der Waals surface area contributed by atoms with Crippen LogP contribution < -0.4 is 5.32 Å². The highest BCUT2D eigenvalue weighted by Gasteiger charge is 2.04. The molecule has 0 aromatic heterocycles. The van der Waals surface area contributed by atoms with Crippen molar-refractivity contribution in [2.24, 2.45) is 0 Å². The highest BCUT2D eigenvalue weighted by atomic mass is 16.1. The summed E-state index contributed by atoms with van der Waals surface area (Å²) in [7, 11) is 0. The maximum atomic E-state index is 11.5. The topological polar surface area (TPSA) is 52.9 Å². The third kappa shape index (κ3) is 7.83. The van der Waals surface area contributed by atoms with E-state index in [1.807, 2.05) is 18.2 Å². The van der Waals surface area contributed by atoms with E-state index in [9.17, 15) is 4.79 Å². The van der Waals surface area contributed by atoms with Gasteiger partial charge in [0.15, 0.2) is 5.78 Å². The van der Waals surface area contributed by atoms with Crippen molar-refractivity contribution in [3.63, 3.8) is 0 Å². The van der Waals surface area contributed by atoms with E-state index < -0.39 is 0 Å². The van der Waals surface area contributed by atoms with E-state index >= 15 is 0 Å². The van der Waals surface area contributed by atoms with Gasteiger partial charge in [-0.2, -0.15) is 5.26 Å². The Bertz CT molecular complexity index is 459. The van der Waals surface area contributed by atoms with Crippen LogP contribution in [0.3, 0.4) is 0 Å². The number of unbranched alkanes of at least 4 members (excludes halogenated alkanes) is 7. The van der Waals surface area contributed by atoms with Gasteiger partial charge >= 0.3 is 0 Å². The molecular formula is C19H28N2O. The predicted octanol–water partition coefficient (Wildman–Crippen LogP) is 5.34. The second-order valence-electron chi connectivity index (χ2n) is 5.74. The maximum Gasteiger partial charge on any atom is 0.176 e. The fraction of sp³-hybridized carbons (Fsp3) is 0.579. The summed E-state index contributed by atoms with van der Waals surface area (Å²) in [4.78, 5) is 11.5. The summed E-state index contributed by atoms with van der Waals surface area (Å²) in [5, 5.41) is 11.9. The molecular weight excluding hydrogens is 272 g/mol. The molecule has 0 bridgehead atoms. The molecule has 1 aromatic carbocycles. The van der Waals surface area contributed by atoms with Crippen LogP contribution in [0.1, 0.15) is 75.1 Å².